The van der Waals surface area contributed by atoms with Gasteiger partial charge in [0.2, 0.25) is 0 Å². The van der Waals surface area contributed by atoms with Crippen molar-refractivity contribution in [1.82, 2.24) is 0 Å². The Morgan fingerprint density at radius 2 is 0.946 bits per heavy atom. The molecule has 0 radical (unpaired) electrons. The van der Waals surface area contributed by atoms with Gasteiger partial charge in [-0.2, -0.15) is 0 Å². The molecule has 0 aromatic carbocycles. The number of allylic oxidation sites excluding steroid dienone is 8. The number of esters is 2. The van der Waals surface area contributed by atoms with E-state index in [0.717, 1.165) is 70.6 Å². The highest BCUT2D eigenvalue weighted by Gasteiger charge is 2.28. The van der Waals surface area contributed by atoms with Crippen LogP contribution in [-0.4, -0.2) is 59.9 Å². The van der Waals surface area contributed by atoms with Gasteiger partial charge in [0.05, 0.1) is 13.2 Å². The number of hydrogen-bond donors (Lipinski definition) is 3. The summed E-state index contributed by atoms with van der Waals surface area (Å²) < 4.78 is 32.6. The third kappa shape index (κ3) is 38.3. The summed E-state index contributed by atoms with van der Waals surface area (Å²) in [6, 6.07) is -1.53. The van der Waals surface area contributed by atoms with E-state index in [1.54, 1.807) is 0 Å². The summed E-state index contributed by atoms with van der Waals surface area (Å²) in [5, 5.41) is 8.88. The van der Waals surface area contributed by atoms with Crippen LogP contribution < -0.4 is 5.73 Å². The van der Waals surface area contributed by atoms with Crippen molar-refractivity contribution in [2.45, 2.75) is 193 Å². The molecule has 0 rings (SSSR count). The number of phosphoric ester groups is 1. The Balaban J connectivity index is 4.44. The van der Waals surface area contributed by atoms with Crippen LogP contribution in [0.4, 0.5) is 0 Å². The topological polar surface area (TPSA) is 172 Å². The third-order valence-electron chi connectivity index (χ3n) is 9.05. The number of hydrogen-bond acceptors (Lipinski definition) is 9. The maximum atomic E-state index is 12.6. The number of carboxylic acid groups (broad SMARTS) is 1. The lowest BCUT2D eigenvalue weighted by molar-refractivity contribution is -0.161. The zero-order chi connectivity index (χ0) is 41.4. The molecule has 0 aromatic rings. The molecule has 0 amide bonds. The zero-order valence-corrected chi connectivity index (χ0v) is 35.9. The number of carbonyl (C=O) groups excluding carboxylic acids is 2. The van der Waals surface area contributed by atoms with Gasteiger partial charge in [0.15, 0.2) is 6.10 Å². The molecule has 4 N–H and O–H groups in total. The van der Waals surface area contributed by atoms with Gasteiger partial charge < -0.3 is 25.2 Å². The van der Waals surface area contributed by atoms with Crippen LogP contribution in [0.1, 0.15) is 181 Å². The van der Waals surface area contributed by atoms with Crippen molar-refractivity contribution in [3.8, 4) is 0 Å². The summed E-state index contributed by atoms with van der Waals surface area (Å²) in [7, 11) is -4.73. The largest absolute Gasteiger partial charge is 0.480 e. The molecular formula is C44H78NO10P. The maximum absolute atomic E-state index is 12.6. The van der Waals surface area contributed by atoms with Crippen LogP contribution in [0.25, 0.3) is 0 Å². The summed E-state index contributed by atoms with van der Waals surface area (Å²) >= 11 is 0. The lowest BCUT2D eigenvalue weighted by atomic mass is 10.1. The predicted octanol–water partition coefficient (Wildman–Crippen LogP) is 11.4. The molecule has 11 nitrogen and oxygen atoms in total. The lowest BCUT2D eigenvalue weighted by Gasteiger charge is -2.20. The molecule has 0 heterocycles. The molecule has 324 valence electrons. The second-order valence-electron chi connectivity index (χ2n) is 14.5. The van der Waals surface area contributed by atoms with Gasteiger partial charge in [-0.3, -0.25) is 23.4 Å². The number of unbranched alkanes of at least 4 members (excludes halogenated alkanes) is 18. The Hall–Kier alpha value is -2.56. The number of nitrogens with two attached hydrogens (primary N) is 1. The van der Waals surface area contributed by atoms with Crippen LogP contribution in [0.5, 0.6) is 0 Å². The smallest absolute Gasteiger partial charge is 0.472 e. The van der Waals surface area contributed by atoms with Crippen molar-refractivity contribution in [2.75, 3.05) is 19.8 Å². The molecule has 0 fully saturated rings. The minimum atomic E-state index is -4.73. The van der Waals surface area contributed by atoms with Crippen LogP contribution in [-0.2, 0) is 37.5 Å². The van der Waals surface area contributed by atoms with Gasteiger partial charge >= 0.3 is 25.7 Å². The van der Waals surface area contributed by atoms with E-state index in [0.29, 0.717) is 12.8 Å². The van der Waals surface area contributed by atoms with E-state index in [4.69, 9.17) is 24.8 Å². The van der Waals surface area contributed by atoms with Crippen LogP contribution in [0.3, 0.4) is 0 Å². The molecular weight excluding hydrogens is 733 g/mol. The number of aliphatic carboxylic acids is 1. The van der Waals surface area contributed by atoms with Crippen molar-refractivity contribution in [2.24, 2.45) is 5.73 Å². The number of ether oxygens (including phenoxy) is 2. The Morgan fingerprint density at radius 3 is 1.48 bits per heavy atom. The molecule has 0 saturated carbocycles. The van der Waals surface area contributed by atoms with Crippen LogP contribution in [0.15, 0.2) is 48.6 Å². The molecule has 0 bridgehead atoms. The second-order valence-corrected chi connectivity index (χ2v) is 15.9. The van der Waals surface area contributed by atoms with Crippen molar-refractivity contribution in [1.29, 1.82) is 0 Å². The van der Waals surface area contributed by atoms with E-state index in [-0.39, 0.29) is 19.4 Å². The number of carboxylic acids is 1. The first-order valence-electron chi connectivity index (χ1n) is 21.7. The van der Waals surface area contributed by atoms with Crippen LogP contribution >= 0.6 is 7.82 Å². The first-order chi connectivity index (χ1) is 27.1. The minimum Gasteiger partial charge on any atom is -0.480 e. The van der Waals surface area contributed by atoms with E-state index in [9.17, 15) is 23.8 Å². The fourth-order valence-corrected chi connectivity index (χ4v) is 6.37. The molecule has 1 unspecified atom stereocenters. The fourth-order valence-electron chi connectivity index (χ4n) is 5.59. The molecule has 3 atom stereocenters. The molecule has 56 heavy (non-hydrogen) atoms. The molecule has 0 saturated heterocycles. The summed E-state index contributed by atoms with van der Waals surface area (Å²) in [5.74, 6) is -2.43. The Bertz CT molecular complexity index is 1140. The zero-order valence-electron chi connectivity index (χ0n) is 35.0. The van der Waals surface area contributed by atoms with Gasteiger partial charge in [-0.1, -0.05) is 140 Å². The van der Waals surface area contributed by atoms with Gasteiger partial charge in [0, 0.05) is 12.8 Å². The normalized spacial score (nSPS) is 14.2. The minimum absolute atomic E-state index is 0.131. The van der Waals surface area contributed by atoms with Gasteiger partial charge in [0.1, 0.15) is 12.6 Å². The summed E-state index contributed by atoms with van der Waals surface area (Å²) in [5.41, 5.74) is 5.33. The second kappa shape index (κ2) is 39.3. The van der Waals surface area contributed by atoms with Crippen LogP contribution in [0, 0.1) is 0 Å². The average molecular weight is 812 g/mol. The van der Waals surface area contributed by atoms with Gasteiger partial charge in [-0.05, 0) is 77.0 Å². The SMILES string of the molecule is CCCCC/C=C/C/C=C/C/C=C/CCCCCCC(=O)O[C@H](COC(=O)CCCCC/C=C/CCCCCCCCCC)COP(=O)(O)OC[C@H](N)C(=O)O. The first kappa shape index (κ1) is 53.4. The molecule has 0 aliphatic carbocycles. The highest BCUT2D eigenvalue weighted by molar-refractivity contribution is 7.47. The van der Waals surface area contributed by atoms with Crippen molar-refractivity contribution in [3.63, 3.8) is 0 Å². The summed E-state index contributed by atoms with van der Waals surface area (Å²) in [6.45, 7) is 2.73. The van der Waals surface area contributed by atoms with E-state index < -0.39 is 51.1 Å². The van der Waals surface area contributed by atoms with E-state index in [1.807, 2.05) is 0 Å². The van der Waals surface area contributed by atoms with E-state index >= 15 is 0 Å². The Labute approximate surface area is 339 Å². The highest BCUT2D eigenvalue weighted by atomic mass is 31.2. The van der Waals surface area contributed by atoms with Crippen molar-refractivity contribution in [3.05, 3.63) is 48.6 Å². The highest BCUT2D eigenvalue weighted by Crippen LogP contribution is 2.43. The van der Waals surface area contributed by atoms with E-state index in [2.05, 4.69) is 67.0 Å². The molecule has 0 spiro atoms. The Kier molecular flexibility index (Phi) is 37.5. The molecule has 0 aliphatic heterocycles. The molecule has 0 aliphatic rings. The quantitative estimate of drug-likeness (QED) is 0.0233. The average Bonchev–Trinajstić information content (AvgIpc) is 3.17. The van der Waals surface area contributed by atoms with Crippen molar-refractivity contribution < 1.29 is 47.5 Å². The number of phosphoric acid groups is 1. The van der Waals surface area contributed by atoms with Crippen molar-refractivity contribution >= 4 is 25.7 Å². The van der Waals surface area contributed by atoms with Gasteiger partial charge in [-0.15, -0.1) is 0 Å². The number of rotatable bonds is 40. The van der Waals surface area contributed by atoms with Gasteiger partial charge in [0.25, 0.3) is 0 Å². The summed E-state index contributed by atoms with van der Waals surface area (Å²) in [6.07, 6.45) is 43.2. The van der Waals surface area contributed by atoms with E-state index in [1.165, 1.54) is 70.6 Å². The third-order valence-corrected chi connectivity index (χ3v) is 10.0. The molecule has 0 aromatic heterocycles. The first-order valence-corrected chi connectivity index (χ1v) is 23.2. The summed E-state index contributed by atoms with van der Waals surface area (Å²) in [4.78, 5) is 45.9. The maximum Gasteiger partial charge on any atom is 0.472 e. The number of carbonyl (C=O) groups is 3. The lowest BCUT2D eigenvalue weighted by Crippen LogP contribution is -2.34. The van der Waals surface area contributed by atoms with Gasteiger partial charge in [-0.25, -0.2) is 4.57 Å². The predicted molar refractivity (Wildman–Crippen MR) is 226 cm³/mol. The Morgan fingerprint density at radius 1 is 0.554 bits per heavy atom. The fraction of sp³-hybridized carbons (Fsp3) is 0.750. The standard InChI is InChI=1S/C44H78NO10P/c1-3-5-7-9-11-13-15-17-19-20-22-24-26-28-30-32-34-36-43(47)55-40(38-53-56(50,51)54-39-41(45)44(48)49)37-52-42(46)35-33-31-29-27-25-23-21-18-16-14-12-10-8-6-4-2/h11,13,17,19,22-25,40-41H,3-10,12,14-16,18,20-21,26-39,45H2,1-2H3,(H,48,49)(H,50,51)/b13-11+,19-17+,24-22+,25-23+/t40-,41+/m1/s1. The monoisotopic (exact) mass is 812 g/mol. The van der Waals surface area contributed by atoms with Crippen LogP contribution in [0.2, 0.25) is 0 Å². The molecule has 12 heteroatoms.